The molecule has 34 heavy (non-hydrogen) atoms. The van der Waals surface area contributed by atoms with Crippen LogP contribution in [0.4, 0.5) is 5.69 Å². The van der Waals surface area contributed by atoms with Crippen LogP contribution in [0.25, 0.3) is 0 Å². The smallest absolute Gasteiger partial charge is 0.255 e. The summed E-state index contributed by atoms with van der Waals surface area (Å²) in [6, 6.07) is 3.44. The first-order valence-electron chi connectivity index (χ1n) is 11.0. The molecule has 1 aromatic carbocycles. The predicted octanol–water partition coefficient (Wildman–Crippen LogP) is 0.246. The van der Waals surface area contributed by atoms with Crippen LogP contribution < -0.4 is 16.0 Å². The lowest BCUT2D eigenvalue weighted by molar-refractivity contribution is -0.125. The van der Waals surface area contributed by atoms with Crippen LogP contribution in [-0.2, 0) is 23.9 Å². The molecule has 0 aliphatic rings. The number of carbonyl (C=O) groups is 5. The van der Waals surface area contributed by atoms with Crippen molar-refractivity contribution in [1.82, 2.24) is 15.5 Å². The summed E-state index contributed by atoms with van der Waals surface area (Å²) >= 11 is 0. The Kier molecular flexibility index (Phi) is 14.0. The summed E-state index contributed by atoms with van der Waals surface area (Å²) in [5.74, 6) is -1.27. The third kappa shape index (κ3) is 9.77. The Morgan fingerprint density at radius 2 is 1.76 bits per heavy atom. The first-order valence-corrected chi connectivity index (χ1v) is 11.0. The maximum atomic E-state index is 12.9. The van der Waals surface area contributed by atoms with Crippen LogP contribution in [0.5, 0.6) is 0 Å². The number of likely N-dealkylation sites (N-methyl/N-ethyl adjacent to an activating group) is 3. The number of hydrogen-bond donors (Lipinski definition) is 3. The van der Waals surface area contributed by atoms with Crippen LogP contribution in [0.1, 0.15) is 40.0 Å². The van der Waals surface area contributed by atoms with Gasteiger partial charge in [0, 0.05) is 38.3 Å². The first-order chi connectivity index (χ1) is 16.4. The van der Waals surface area contributed by atoms with Gasteiger partial charge in [-0.05, 0) is 31.7 Å². The van der Waals surface area contributed by atoms with E-state index >= 15 is 0 Å². The highest BCUT2D eigenvalue weighted by Crippen LogP contribution is 2.18. The molecule has 0 fully saturated rings. The van der Waals surface area contributed by atoms with Crippen molar-refractivity contribution in [1.29, 1.82) is 0 Å². The van der Waals surface area contributed by atoms with Crippen LogP contribution >= 0.6 is 0 Å². The number of benzene rings is 1. The summed E-state index contributed by atoms with van der Waals surface area (Å²) in [6.45, 7) is 2.36. The van der Waals surface area contributed by atoms with Gasteiger partial charge < -0.3 is 35.1 Å². The second-order valence-corrected chi connectivity index (χ2v) is 7.34. The third-order valence-electron chi connectivity index (χ3n) is 4.93. The SMILES string of the molecule is CNCCOCCOCCC(=O)Nc1ccc(C(=O)N(C)C(CCC=O)C(=O)NC)c(C=O)c1. The lowest BCUT2D eigenvalue weighted by Gasteiger charge is -2.27. The van der Waals surface area contributed by atoms with Gasteiger partial charge in [0.05, 0.1) is 38.4 Å². The van der Waals surface area contributed by atoms with E-state index in [2.05, 4.69) is 16.0 Å². The fourth-order valence-electron chi connectivity index (χ4n) is 3.04. The number of anilines is 1. The van der Waals surface area contributed by atoms with E-state index < -0.39 is 17.9 Å². The number of ether oxygens (including phenoxy) is 2. The number of nitrogens with one attached hydrogen (secondary N) is 3. The summed E-state index contributed by atoms with van der Waals surface area (Å²) < 4.78 is 10.7. The molecule has 1 aromatic rings. The molecule has 11 nitrogen and oxygen atoms in total. The lowest BCUT2D eigenvalue weighted by atomic mass is 10.0. The maximum Gasteiger partial charge on any atom is 0.255 e. The van der Waals surface area contributed by atoms with Crippen molar-refractivity contribution in [2.45, 2.75) is 25.3 Å². The Hall–Kier alpha value is -3.15. The maximum absolute atomic E-state index is 12.9. The lowest BCUT2D eigenvalue weighted by Crippen LogP contribution is -2.47. The highest BCUT2D eigenvalue weighted by molar-refractivity contribution is 6.04. The monoisotopic (exact) mass is 478 g/mol. The fraction of sp³-hybridized carbons (Fsp3) is 0.522. The topological polar surface area (TPSA) is 143 Å². The van der Waals surface area contributed by atoms with Gasteiger partial charge in [-0.3, -0.25) is 19.2 Å². The molecule has 0 aliphatic carbocycles. The van der Waals surface area contributed by atoms with Gasteiger partial charge in [-0.15, -0.1) is 0 Å². The van der Waals surface area contributed by atoms with E-state index in [4.69, 9.17) is 9.47 Å². The van der Waals surface area contributed by atoms with Gasteiger partial charge in [0.25, 0.3) is 5.91 Å². The molecule has 0 radical (unpaired) electrons. The van der Waals surface area contributed by atoms with Crippen molar-refractivity contribution in [3.05, 3.63) is 29.3 Å². The molecule has 1 rings (SSSR count). The van der Waals surface area contributed by atoms with Crippen LogP contribution in [0.3, 0.4) is 0 Å². The highest BCUT2D eigenvalue weighted by Gasteiger charge is 2.27. The zero-order valence-electron chi connectivity index (χ0n) is 19.9. The quantitative estimate of drug-likeness (QED) is 0.214. The molecular formula is C23H34N4O7. The van der Waals surface area contributed by atoms with Crippen molar-refractivity contribution < 1.29 is 33.4 Å². The Labute approximate surface area is 199 Å². The second-order valence-electron chi connectivity index (χ2n) is 7.34. The van der Waals surface area contributed by atoms with Crippen molar-refractivity contribution in [2.75, 3.05) is 59.4 Å². The van der Waals surface area contributed by atoms with Gasteiger partial charge >= 0.3 is 0 Å². The minimum atomic E-state index is -0.865. The molecule has 0 saturated heterocycles. The zero-order valence-corrected chi connectivity index (χ0v) is 19.9. The van der Waals surface area contributed by atoms with Gasteiger partial charge in [-0.1, -0.05) is 0 Å². The van der Waals surface area contributed by atoms with Crippen molar-refractivity contribution in [3.63, 3.8) is 0 Å². The molecule has 3 amide bonds. The van der Waals surface area contributed by atoms with Gasteiger partial charge in [-0.2, -0.15) is 0 Å². The molecule has 188 valence electrons. The van der Waals surface area contributed by atoms with Gasteiger partial charge in [0.15, 0.2) is 6.29 Å². The van der Waals surface area contributed by atoms with Crippen molar-refractivity contribution in [2.24, 2.45) is 0 Å². The van der Waals surface area contributed by atoms with Crippen LogP contribution in [0.15, 0.2) is 18.2 Å². The molecule has 0 aliphatic heterocycles. The normalized spacial score (nSPS) is 11.4. The van der Waals surface area contributed by atoms with E-state index in [1.165, 1.54) is 37.2 Å². The van der Waals surface area contributed by atoms with E-state index in [1.807, 2.05) is 7.05 Å². The van der Waals surface area contributed by atoms with Crippen molar-refractivity contribution in [3.8, 4) is 0 Å². The third-order valence-corrected chi connectivity index (χ3v) is 4.93. The van der Waals surface area contributed by atoms with Crippen LogP contribution in [0, 0.1) is 0 Å². The minimum absolute atomic E-state index is 0.0654. The minimum Gasteiger partial charge on any atom is -0.379 e. The Bertz CT molecular complexity index is 832. The zero-order chi connectivity index (χ0) is 25.3. The molecule has 1 unspecified atom stereocenters. The summed E-state index contributed by atoms with van der Waals surface area (Å²) in [6.07, 6.45) is 1.55. The van der Waals surface area contributed by atoms with Crippen LogP contribution in [-0.4, -0.2) is 95.4 Å². The fourth-order valence-corrected chi connectivity index (χ4v) is 3.04. The molecule has 0 saturated carbocycles. The number of hydrogen-bond acceptors (Lipinski definition) is 8. The molecular weight excluding hydrogens is 444 g/mol. The molecule has 0 aromatic heterocycles. The molecule has 0 heterocycles. The predicted molar refractivity (Wildman–Crippen MR) is 126 cm³/mol. The van der Waals surface area contributed by atoms with E-state index in [1.54, 1.807) is 0 Å². The molecule has 3 N–H and O–H groups in total. The van der Waals surface area contributed by atoms with Gasteiger partial charge in [0.1, 0.15) is 12.3 Å². The average Bonchev–Trinajstić information content (AvgIpc) is 2.84. The number of carbonyl (C=O) groups excluding carboxylic acids is 5. The summed E-state index contributed by atoms with van der Waals surface area (Å²) in [5.41, 5.74) is 0.498. The second kappa shape index (κ2) is 16.5. The van der Waals surface area contributed by atoms with Crippen molar-refractivity contribution >= 4 is 36.0 Å². The molecule has 11 heteroatoms. The molecule has 0 bridgehead atoms. The Morgan fingerprint density at radius 1 is 1.06 bits per heavy atom. The first kappa shape index (κ1) is 28.9. The largest absolute Gasteiger partial charge is 0.379 e. The van der Waals surface area contributed by atoms with Gasteiger partial charge in [-0.25, -0.2) is 0 Å². The van der Waals surface area contributed by atoms with E-state index in [9.17, 15) is 24.0 Å². The summed E-state index contributed by atoms with van der Waals surface area (Å²) in [4.78, 5) is 60.8. The Balaban J connectivity index is 2.70. The highest BCUT2D eigenvalue weighted by atomic mass is 16.5. The van der Waals surface area contributed by atoms with Crippen LogP contribution in [0.2, 0.25) is 0 Å². The number of amides is 3. The molecule has 1 atom stereocenters. The Morgan fingerprint density at radius 3 is 2.38 bits per heavy atom. The van der Waals surface area contributed by atoms with E-state index in [0.717, 1.165) is 6.54 Å². The van der Waals surface area contributed by atoms with Gasteiger partial charge in [0.2, 0.25) is 11.8 Å². The summed E-state index contributed by atoms with van der Waals surface area (Å²) in [7, 11) is 4.71. The number of aldehydes is 2. The summed E-state index contributed by atoms with van der Waals surface area (Å²) in [5, 5.41) is 8.10. The number of rotatable bonds is 17. The molecule has 0 spiro atoms. The van der Waals surface area contributed by atoms with E-state index in [-0.39, 0.29) is 42.9 Å². The standard InChI is InChI=1S/C23H34N4O7/c1-24-9-12-34-14-13-33-11-8-21(30)26-18-6-7-19(17(15-18)16-29)23(32)27(3)20(5-4-10-28)22(31)25-2/h6-7,10,15-16,20,24H,4-5,8-9,11-14H2,1-3H3,(H,25,31)(H,26,30). The average molecular weight is 479 g/mol. The van der Waals surface area contributed by atoms with E-state index in [0.29, 0.717) is 38.1 Å². The number of nitrogens with zero attached hydrogens (tertiary/aromatic N) is 1.